The molecule has 2 heterocycles. The topological polar surface area (TPSA) is 41.6 Å². The zero-order valence-corrected chi connectivity index (χ0v) is 14.1. The van der Waals surface area contributed by atoms with Crippen LogP contribution in [0.2, 0.25) is 0 Å². The smallest absolute Gasteiger partial charge is 0.239 e. The fraction of sp³-hybridized carbons (Fsp3) is 0.632. The van der Waals surface area contributed by atoms with Crippen LogP contribution in [0.1, 0.15) is 37.7 Å². The molecule has 0 aliphatic carbocycles. The molecule has 1 unspecified atom stereocenters. The van der Waals surface area contributed by atoms with Crippen LogP contribution in [0.5, 0.6) is 5.75 Å². The molecule has 0 saturated carbocycles. The van der Waals surface area contributed by atoms with Crippen molar-refractivity contribution >= 4 is 5.91 Å². The molecule has 2 saturated heterocycles. The van der Waals surface area contributed by atoms with E-state index in [9.17, 15) is 4.79 Å². The van der Waals surface area contributed by atoms with Crippen molar-refractivity contribution in [2.75, 3.05) is 26.7 Å². The molecular formula is C19H28N2O2. The van der Waals surface area contributed by atoms with E-state index in [1.54, 1.807) is 7.11 Å². The molecule has 2 fully saturated rings. The SMILES string of the molecule is COc1ccccc1CC1CCN(C(=O)C2CCCCN2)CC1. The first-order chi connectivity index (χ1) is 11.3. The van der Waals surface area contributed by atoms with Crippen LogP contribution < -0.4 is 10.1 Å². The average Bonchev–Trinajstić information content (AvgIpc) is 2.63. The molecule has 23 heavy (non-hydrogen) atoms. The number of nitrogens with one attached hydrogen (secondary N) is 1. The largest absolute Gasteiger partial charge is 0.496 e. The normalized spacial score (nSPS) is 22.8. The number of methoxy groups -OCH3 is 1. The third-order valence-corrected chi connectivity index (χ3v) is 5.24. The van der Waals surface area contributed by atoms with E-state index in [1.807, 2.05) is 12.1 Å². The van der Waals surface area contributed by atoms with E-state index in [0.29, 0.717) is 11.8 Å². The zero-order valence-electron chi connectivity index (χ0n) is 14.1. The number of carbonyl (C=O) groups excluding carboxylic acids is 1. The maximum absolute atomic E-state index is 12.6. The van der Waals surface area contributed by atoms with E-state index in [-0.39, 0.29) is 6.04 Å². The van der Waals surface area contributed by atoms with Gasteiger partial charge in [-0.05, 0) is 56.2 Å². The lowest BCUT2D eigenvalue weighted by Gasteiger charge is -2.35. The van der Waals surface area contributed by atoms with Crippen LogP contribution in [0.3, 0.4) is 0 Å². The zero-order chi connectivity index (χ0) is 16.1. The van der Waals surface area contributed by atoms with E-state index in [2.05, 4.69) is 22.3 Å². The minimum atomic E-state index is 0.0644. The molecule has 3 rings (SSSR count). The van der Waals surface area contributed by atoms with Gasteiger partial charge in [0.25, 0.3) is 0 Å². The minimum absolute atomic E-state index is 0.0644. The number of rotatable bonds is 4. The van der Waals surface area contributed by atoms with Gasteiger partial charge in [-0.1, -0.05) is 24.6 Å². The Hall–Kier alpha value is -1.55. The van der Waals surface area contributed by atoms with Crippen molar-refractivity contribution in [1.82, 2.24) is 10.2 Å². The molecule has 4 heteroatoms. The first-order valence-electron chi connectivity index (χ1n) is 8.92. The van der Waals surface area contributed by atoms with Gasteiger partial charge in [0.2, 0.25) is 5.91 Å². The van der Waals surface area contributed by atoms with Gasteiger partial charge in [-0.15, -0.1) is 0 Å². The van der Waals surface area contributed by atoms with Gasteiger partial charge in [0.05, 0.1) is 13.2 Å². The lowest BCUT2D eigenvalue weighted by molar-refractivity contribution is -0.135. The Morgan fingerprint density at radius 2 is 2.00 bits per heavy atom. The molecule has 0 radical (unpaired) electrons. The number of piperidine rings is 2. The first kappa shape index (κ1) is 16.3. The number of para-hydroxylation sites is 1. The Morgan fingerprint density at radius 3 is 2.70 bits per heavy atom. The fourth-order valence-electron chi connectivity index (χ4n) is 3.82. The van der Waals surface area contributed by atoms with Gasteiger partial charge >= 0.3 is 0 Å². The van der Waals surface area contributed by atoms with Crippen LogP contribution in [0.4, 0.5) is 0 Å². The molecule has 4 nitrogen and oxygen atoms in total. The Bertz CT molecular complexity index is 518. The number of likely N-dealkylation sites (tertiary alicyclic amines) is 1. The predicted octanol–water partition coefficient (Wildman–Crippen LogP) is 2.62. The quantitative estimate of drug-likeness (QED) is 0.928. The highest BCUT2D eigenvalue weighted by molar-refractivity contribution is 5.82. The third-order valence-electron chi connectivity index (χ3n) is 5.24. The summed E-state index contributed by atoms with van der Waals surface area (Å²) in [6, 6.07) is 8.34. The van der Waals surface area contributed by atoms with Gasteiger partial charge < -0.3 is 15.0 Å². The summed E-state index contributed by atoms with van der Waals surface area (Å²) in [4.78, 5) is 14.6. The van der Waals surface area contributed by atoms with Crippen LogP contribution >= 0.6 is 0 Å². The summed E-state index contributed by atoms with van der Waals surface area (Å²) >= 11 is 0. The molecule has 2 aliphatic rings. The van der Waals surface area contributed by atoms with Crippen molar-refractivity contribution in [3.63, 3.8) is 0 Å². The summed E-state index contributed by atoms with van der Waals surface area (Å²) in [6.07, 6.45) is 6.61. The molecule has 1 aromatic carbocycles. The van der Waals surface area contributed by atoms with Gasteiger partial charge in [0.15, 0.2) is 0 Å². The molecule has 126 valence electrons. The van der Waals surface area contributed by atoms with Crippen molar-refractivity contribution < 1.29 is 9.53 Å². The van der Waals surface area contributed by atoms with E-state index in [4.69, 9.17) is 4.74 Å². The lowest BCUT2D eigenvalue weighted by atomic mass is 9.89. The third kappa shape index (κ3) is 4.05. The molecule has 0 aromatic heterocycles. The van der Waals surface area contributed by atoms with Crippen LogP contribution in [0.25, 0.3) is 0 Å². The Kier molecular flexibility index (Phi) is 5.55. The van der Waals surface area contributed by atoms with Crippen LogP contribution in [0.15, 0.2) is 24.3 Å². The second kappa shape index (κ2) is 7.82. The summed E-state index contributed by atoms with van der Waals surface area (Å²) in [5.74, 6) is 1.95. The standard InChI is InChI=1S/C19H28N2O2/c1-23-18-8-3-2-6-16(18)14-15-9-12-21(13-10-15)19(22)17-7-4-5-11-20-17/h2-3,6,8,15,17,20H,4-5,7,9-14H2,1H3. The van der Waals surface area contributed by atoms with E-state index < -0.39 is 0 Å². The number of benzene rings is 1. The Balaban J connectivity index is 1.51. The number of hydrogen-bond acceptors (Lipinski definition) is 3. The van der Waals surface area contributed by atoms with Gasteiger partial charge in [-0.3, -0.25) is 4.79 Å². The Labute approximate surface area is 139 Å². The highest BCUT2D eigenvalue weighted by atomic mass is 16.5. The van der Waals surface area contributed by atoms with Gasteiger partial charge in [0, 0.05) is 13.1 Å². The first-order valence-corrected chi connectivity index (χ1v) is 8.92. The number of nitrogens with zero attached hydrogens (tertiary/aromatic N) is 1. The van der Waals surface area contributed by atoms with Gasteiger partial charge in [-0.25, -0.2) is 0 Å². The van der Waals surface area contributed by atoms with Gasteiger partial charge in [-0.2, -0.15) is 0 Å². The monoisotopic (exact) mass is 316 g/mol. The highest BCUT2D eigenvalue weighted by Crippen LogP contribution is 2.27. The van der Waals surface area contributed by atoms with Crippen LogP contribution in [-0.4, -0.2) is 43.6 Å². The second-order valence-electron chi connectivity index (χ2n) is 6.79. The van der Waals surface area contributed by atoms with Crippen molar-refractivity contribution in [3.8, 4) is 5.75 Å². The molecule has 2 aliphatic heterocycles. The Morgan fingerprint density at radius 1 is 1.22 bits per heavy atom. The molecule has 1 amide bonds. The number of hydrogen-bond donors (Lipinski definition) is 1. The van der Waals surface area contributed by atoms with Crippen molar-refractivity contribution in [1.29, 1.82) is 0 Å². The van der Waals surface area contributed by atoms with Crippen molar-refractivity contribution in [2.24, 2.45) is 5.92 Å². The van der Waals surface area contributed by atoms with Gasteiger partial charge in [0.1, 0.15) is 5.75 Å². The lowest BCUT2D eigenvalue weighted by Crippen LogP contribution is -2.50. The van der Waals surface area contributed by atoms with E-state index in [1.165, 1.54) is 18.4 Å². The fourth-order valence-corrected chi connectivity index (χ4v) is 3.82. The molecule has 0 bridgehead atoms. The molecular weight excluding hydrogens is 288 g/mol. The molecule has 1 aromatic rings. The van der Waals surface area contributed by atoms with E-state index in [0.717, 1.165) is 51.1 Å². The maximum Gasteiger partial charge on any atom is 0.239 e. The highest BCUT2D eigenvalue weighted by Gasteiger charge is 2.29. The number of ether oxygens (including phenoxy) is 1. The number of amides is 1. The van der Waals surface area contributed by atoms with Crippen LogP contribution in [-0.2, 0) is 11.2 Å². The molecule has 1 atom stereocenters. The maximum atomic E-state index is 12.6. The van der Waals surface area contributed by atoms with Crippen molar-refractivity contribution in [3.05, 3.63) is 29.8 Å². The van der Waals surface area contributed by atoms with Crippen molar-refractivity contribution in [2.45, 2.75) is 44.6 Å². The summed E-state index contributed by atoms with van der Waals surface area (Å²) in [6.45, 7) is 2.79. The minimum Gasteiger partial charge on any atom is -0.496 e. The summed E-state index contributed by atoms with van der Waals surface area (Å²) in [5.41, 5.74) is 1.29. The van der Waals surface area contributed by atoms with Crippen LogP contribution in [0, 0.1) is 5.92 Å². The summed E-state index contributed by atoms with van der Waals surface area (Å²) < 4.78 is 5.45. The van der Waals surface area contributed by atoms with E-state index >= 15 is 0 Å². The predicted molar refractivity (Wildman–Crippen MR) is 91.6 cm³/mol. The number of carbonyl (C=O) groups is 1. The second-order valence-corrected chi connectivity index (χ2v) is 6.79. The molecule has 1 N–H and O–H groups in total. The summed E-state index contributed by atoms with van der Waals surface area (Å²) in [5, 5.41) is 3.37. The average molecular weight is 316 g/mol. The molecule has 0 spiro atoms. The summed E-state index contributed by atoms with van der Waals surface area (Å²) in [7, 11) is 1.73.